The number of likely N-dealkylation sites (tertiary alicyclic amines) is 1. The van der Waals surface area contributed by atoms with Crippen LogP contribution < -0.4 is 5.32 Å². The fourth-order valence-electron chi connectivity index (χ4n) is 3.20. The molecule has 6 heteroatoms. The number of aliphatic imine (C=N–C) groups is 1. The zero-order valence-electron chi connectivity index (χ0n) is 17.6. The van der Waals surface area contributed by atoms with Crippen LogP contribution in [-0.4, -0.2) is 56.9 Å². The molecule has 28 heavy (non-hydrogen) atoms. The number of ether oxygens (including phenoxy) is 2. The van der Waals surface area contributed by atoms with Gasteiger partial charge >= 0.3 is 0 Å². The Morgan fingerprint density at radius 3 is 2.68 bits per heavy atom. The standard InChI is InChI=1S/C22H37N3O2.HI/c1-3-5-15-26-16-9-13-24-22(23-4-2)25-14-12-21(17-25)19-27-18-20-10-7-6-8-11-20;/h6-8,10-11,21H,3-5,9,12-19H2,1-2H3,(H,23,24);1H. The summed E-state index contributed by atoms with van der Waals surface area (Å²) in [5.74, 6) is 1.62. The van der Waals surface area contributed by atoms with E-state index in [9.17, 15) is 0 Å². The van der Waals surface area contributed by atoms with Crippen LogP contribution >= 0.6 is 24.0 Å². The minimum Gasteiger partial charge on any atom is -0.381 e. The van der Waals surface area contributed by atoms with E-state index in [4.69, 9.17) is 14.5 Å². The third-order valence-corrected chi connectivity index (χ3v) is 4.74. The minimum absolute atomic E-state index is 0. The van der Waals surface area contributed by atoms with Crippen molar-refractivity contribution in [3.63, 3.8) is 0 Å². The first-order valence-corrected chi connectivity index (χ1v) is 10.6. The molecule has 160 valence electrons. The summed E-state index contributed by atoms with van der Waals surface area (Å²) >= 11 is 0. The lowest BCUT2D eigenvalue weighted by molar-refractivity contribution is 0.0906. The minimum atomic E-state index is 0. The number of guanidine groups is 1. The van der Waals surface area contributed by atoms with Gasteiger partial charge in [0.2, 0.25) is 0 Å². The second kappa shape index (κ2) is 16.0. The molecule has 1 aliphatic heterocycles. The first-order chi connectivity index (χ1) is 13.3. The van der Waals surface area contributed by atoms with Crippen LogP contribution in [0.3, 0.4) is 0 Å². The van der Waals surface area contributed by atoms with Gasteiger partial charge in [0.25, 0.3) is 0 Å². The molecule has 0 aliphatic carbocycles. The molecule has 1 N–H and O–H groups in total. The second-order valence-corrected chi connectivity index (χ2v) is 7.16. The lowest BCUT2D eigenvalue weighted by Gasteiger charge is -2.21. The zero-order chi connectivity index (χ0) is 19.2. The monoisotopic (exact) mass is 503 g/mol. The maximum Gasteiger partial charge on any atom is 0.193 e. The number of hydrogen-bond donors (Lipinski definition) is 1. The van der Waals surface area contributed by atoms with E-state index in [1.54, 1.807) is 0 Å². The van der Waals surface area contributed by atoms with Crippen LogP contribution in [0.25, 0.3) is 0 Å². The van der Waals surface area contributed by atoms with Crippen molar-refractivity contribution in [3.05, 3.63) is 35.9 Å². The number of halogens is 1. The largest absolute Gasteiger partial charge is 0.381 e. The van der Waals surface area contributed by atoms with Gasteiger partial charge in [0.05, 0.1) is 13.2 Å². The molecule has 0 bridgehead atoms. The number of benzene rings is 1. The van der Waals surface area contributed by atoms with Crippen molar-refractivity contribution < 1.29 is 9.47 Å². The molecular weight excluding hydrogens is 465 g/mol. The van der Waals surface area contributed by atoms with Gasteiger partial charge in [0.15, 0.2) is 5.96 Å². The zero-order valence-corrected chi connectivity index (χ0v) is 19.9. The Balaban J connectivity index is 0.00000392. The highest BCUT2D eigenvalue weighted by Crippen LogP contribution is 2.17. The average Bonchev–Trinajstić information content (AvgIpc) is 3.16. The van der Waals surface area contributed by atoms with Crippen LogP contribution in [0.15, 0.2) is 35.3 Å². The molecule has 1 heterocycles. The van der Waals surface area contributed by atoms with Crippen LogP contribution in [0.2, 0.25) is 0 Å². The predicted molar refractivity (Wildman–Crippen MR) is 128 cm³/mol. The van der Waals surface area contributed by atoms with Gasteiger partial charge in [-0.25, -0.2) is 0 Å². The Kier molecular flexibility index (Phi) is 14.4. The average molecular weight is 503 g/mol. The number of nitrogens with one attached hydrogen (secondary N) is 1. The van der Waals surface area contributed by atoms with Crippen LogP contribution in [0.5, 0.6) is 0 Å². The second-order valence-electron chi connectivity index (χ2n) is 7.16. The third kappa shape index (κ3) is 10.1. The lowest BCUT2D eigenvalue weighted by atomic mass is 10.1. The van der Waals surface area contributed by atoms with Gasteiger partial charge in [-0.05, 0) is 31.7 Å². The van der Waals surface area contributed by atoms with E-state index >= 15 is 0 Å². The fraction of sp³-hybridized carbons (Fsp3) is 0.682. The molecule has 1 fully saturated rings. The Hall–Kier alpha value is -0.860. The molecule has 0 aromatic heterocycles. The van der Waals surface area contributed by atoms with Crippen LogP contribution in [0.4, 0.5) is 0 Å². The van der Waals surface area contributed by atoms with Crippen molar-refractivity contribution >= 4 is 29.9 Å². The molecule has 1 aliphatic rings. The molecule has 0 amide bonds. The molecule has 1 aromatic rings. The maximum absolute atomic E-state index is 5.93. The van der Waals surface area contributed by atoms with Gasteiger partial charge in [-0.1, -0.05) is 43.7 Å². The highest BCUT2D eigenvalue weighted by molar-refractivity contribution is 14.0. The van der Waals surface area contributed by atoms with Crippen molar-refractivity contribution in [2.75, 3.05) is 46.0 Å². The van der Waals surface area contributed by atoms with Crippen molar-refractivity contribution in [1.29, 1.82) is 0 Å². The summed E-state index contributed by atoms with van der Waals surface area (Å²) < 4.78 is 11.6. The summed E-state index contributed by atoms with van der Waals surface area (Å²) in [5.41, 5.74) is 1.24. The maximum atomic E-state index is 5.93. The van der Waals surface area contributed by atoms with E-state index in [0.717, 1.165) is 64.8 Å². The molecule has 2 rings (SSSR count). The van der Waals surface area contributed by atoms with Crippen LogP contribution in [-0.2, 0) is 16.1 Å². The Labute approximate surface area is 188 Å². The topological polar surface area (TPSA) is 46.1 Å². The Morgan fingerprint density at radius 1 is 1.14 bits per heavy atom. The van der Waals surface area contributed by atoms with E-state index in [1.165, 1.54) is 18.4 Å². The Bertz CT molecular complexity index is 528. The van der Waals surface area contributed by atoms with Crippen LogP contribution in [0, 0.1) is 5.92 Å². The predicted octanol–water partition coefficient (Wildman–Crippen LogP) is 4.32. The van der Waals surface area contributed by atoms with Crippen LogP contribution in [0.1, 0.15) is 45.1 Å². The van der Waals surface area contributed by atoms with E-state index in [2.05, 4.69) is 48.3 Å². The van der Waals surface area contributed by atoms with E-state index < -0.39 is 0 Å². The van der Waals surface area contributed by atoms with Crippen molar-refractivity contribution in [1.82, 2.24) is 10.2 Å². The summed E-state index contributed by atoms with van der Waals surface area (Å²) in [6.07, 6.45) is 4.48. The molecule has 1 aromatic carbocycles. The quantitative estimate of drug-likeness (QED) is 0.200. The Morgan fingerprint density at radius 2 is 1.93 bits per heavy atom. The lowest BCUT2D eigenvalue weighted by Crippen LogP contribution is -2.40. The molecule has 0 radical (unpaired) electrons. The van der Waals surface area contributed by atoms with Gasteiger partial charge in [-0.3, -0.25) is 4.99 Å². The van der Waals surface area contributed by atoms with Gasteiger partial charge in [-0.15, -0.1) is 24.0 Å². The summed E-state index contributed by atoms with van der Waals surface area (Å²) in [4.78, 5) is 7.16. The summed E-state index contributed by atoms with van der Waals surface area (Å²) in [6, 6.07) is 10.4. The van der Waals surface area contributed by atoms with Crippen molar-refractivity contribution in [2.24, 2.45) is 10.9 Å². The summed E-state index contributed by atoms with van der Waals surface area (Å²) in [7, 11) is 0. The van der Waals surface area contributed by atoms with Crippen molar-refractivity contribution in [2.45, 2.75) is 46.1 Å². The fourth-order valence-corrected chi connectivity index (χ4v) is 3.20. The van der Waals surface area contributed by atoms with Gasteiger partial charge < -0.3 is 19.7 Å². The molecule has 1 unspecified atom stereocenters. The molecule has 0 saturated carbocycles. The smallest absolute Gasteiger partial charge is 0.193 e. The van der Waals surface area contributed by atoms with E-state index in [1.807, 2.05) is 6.07 Å². The first kappa shape index (κ1) is 25.2. The van der Waals surface area contributed by atoms with Gasteiger partial charge in [-0.2, -0.15) is 0 Å². The number of hydrogen-bond acceptors (Lipinski definition) is 3. The van der Waals surface area contributed by atoms with E-state index in [-0.39, 0.29) is 24.0 Å². The number of unbranched alkanes of at least 4 members (excludes halogenated alkanes) is 1. The van der Waals surface area contributed by atoms with Crippen molar-refractivity contribution in [3.8, 4) is 0 Å². The number of rotatable bonds is 12. The first-order valence-electron chi connectivity index (χ1n) is 10.6. The molecule has 1 saturated heterocycles. The highest BCUT2D eigenvalue weighted by Gasteiger charge is 2.24. The third-order valence-electron chi connectivity index (χ3n) is 4.74. The van der Waals surface area contributed by atoms with E-state index in [0.29, 0.717) is 12.5 Å². The molecule has 0 spiro atoms. The SMILES string of the molecule is CCCCOCCCN=C(NCC)N1CCC(COCc2ccccc2)C1.I. The number of nitrogens with zero attached hydrogens (tertiary/aromatic N) is 2. The highest BCUT2D eigenvalue weighted by atomic mass is 127. The molecular formula is C22H38IN3O2. The summed E-state index contributed by atoms with van der Waals surface area (Å²) in [6.45, 7) is 11.3. The summed E-state index contributed by atoms with van der Waals surface area (Å²) in [5, 5.41) is 3.43. The normalized spacial score (nSPS) is 16.9. The van der Waals surface area contributed by atoms with Gasteiger partial charge in [0, 0.05) is 45.3 Å². The van der Waals surface area contributed by atoms with Gasteiger partial charge in [0.1, 0.15) is 0 Å². The molecule has 1 atom stereocenters. The molecule has 5 nitrogen and oxygen atoms in total.